The van der Waals surface area contributed by atoms with Crippen LogP contribution in [-0.4, -0.2) is 42.1 Å². The summed E-state index contributed by atoms with van der Waals surface area (Å²) in [4.78, 5) is 26.5. The van der Waals surface area contributed by atoms with E-state index in [1.807, 2.05) is 0 Å². The number of amides is 2. The van der Waals surface area contributed by atoms with Gasteiger partial charge < -0.3 is 5.43 Å². The van der Waals surface area contributed by atoms with Gasteiger partial charge in [-0.05, 0) is 13.0 Å². The molecule has 0 aliphatic carbocycles. The first-order chi connectivity index (χ1) is 9.37. The molecule has 0 spiro atoms. The van der Waals surface area contributed by atoms with Crippen LogP contribution in [0.5, 0.6) is 0 Å². The number of nitrogen functional groups attached to an aromatic ring is 1. The Morgan fingerprint density at radius 1 is 1.50 bits per heavy atom. The number of aromatic nitrogens is 1. The molecule has 0 saturated carbocycles. The molecule has 1 saturated heterocycles. The Kier molecular flexibility index (Phi) is 3.70. The summed E-state index contributed by atoms with van der Waals surface area (Å²) in [6.07, 6.45) is 2.47. The maximum atomic E-state index is 12.5. The molecule has 2 heterocycles. The molecular formula is C10H13N5O4S. The van der Waals surface area contributed by atoms with Crippen LogP contribution >= 0.6 is 0 Å². The zero-order valence-electron chi connectivity index (χ0n) is 10.5. The van der Waals surface area contributed by atoms with Crippen LogP contribution in [0.1, 0.15) is 6.92 Å². The van der Waals surface area contributed by atoms with Gasteiger partial charge in [-0.2, -0.15) is 4.31 Å². The lowest BCUT2D eigenvalue weighted by atomic mass is 10.2. The Labute approximate surface area is 115 Å². The molecule has 10 heteroatoms. The van der Waals surface area contributed by atoms with Gasteiger partial charge in [-0.1, -0.05) is 0 Å². The molecule has 1 atom stereocenters. The normalized spacial score (nSPS) is 20.6. The number of anilines is 1. The molecule has 0 aromatic carbocycles. The van der Waals surface area contributed by atoms with Crippen molar-refractivity contribution in [3.8, 4) is 0 Å². The second-order valence-corrected chi connectivity index (χ2v) is 6.01. The highest BCUT2D eigenvalue weighted by Gasteiger charge is 2.39. The SMILES string of the molecule is CC1C(=O)NC(=O)CN1S(=O)(=O)c1cnccc1NN. The molecule has 1 fully saturated rings. The lowest BCUT2D eigenvalue weighted by molar-refractivity contribution is -0.136. The number of sulfonamides is 1. The van der Waals surface area contributed by atoms with Crippen LogP contribution in [0.25, 0.3) is 0 Å². The zero-order valence-corrected chi connectivity index (χ0v) is 11.3. The van der Waals surface area contributed by atoms with Crippen molar-refractivity contribution in [3.05, 3.63) is 18.5 Å². The Hall–Kier alpha value is -2.04. The van der Waals surface area contributed by atoms with Crippen LogP contribution in [0.3, 0.4) is 0 Å². The van der Waals surface area contributed by atoms with Gasteiger partial charge in [0.05, 0.1) is 12.2 Å². The van der Waals surface area contributed by atoms with Crippen molar-refractivity contribution in [1.29, 1.82) is 0 Å². The minimum atomic E-state index is -4.07. The minimum Gasteiger partial charge on any atom is -0.323 e. The summed E-state index contributed by atoms with van der Waals surface area (Å²) >= 11 is 0. The molecule has 0 bridgehead atoms. The average Bonchev–Trinajstić information content (AvgIpc) is 2.42. The third-order valence-electron chi connectivity index (χ3n) is 2.90. The quantitative estimate of drug-likeness (QED) is 0.347. The fraction of sp³-hybridized carbons (Fsp3) is 0.300. The molecule has 4 N–H and O–H groups in total. The van der Waals surface area contributed by atoms with Gasteiger partial charge in [-0.25, -0.2) is 8.42 Å². The number of hydrogen-bond acceptors (Lipinski definition) is 7. The van der Waals surface area contributed by atoms with Crippen molar-refractivity contribution < 1.29 is 18.0 Å². The van der Waals surface area contributed by atoms with E-state index in [2.05, 4.69) is 15.7 Å². The van der Waals surface area contributed by atoms with Crippen LogP contribution in [0.4, 0.5) is 5.69 Å². The van der Waals surface area contributed by atoms with Gasteiger partial charge in [-0.3, -0.25) is 25.7 Å². The summed E-state index contributed by atoms with van der Waals surface area (Å²) in [5.74, 6) is 3.91. The highest BCUT2D eigenvalue weighted by Crippen LogP contribution is 2.25. The summed E-state index contributed by atoms with van der Waals surface area (Å²) in [7, 11) is -4.07. The van der Waals surface area contributed by atoms with Gasteiger partial charge in [0.2, 0.25) is 21.8 Å². The van der Waals surface area contributed by atoms with E-state index in [1.165, 1.54) is 19.2 Å². The lowest BCUT2D eigenvalue weighted by Gasteiger charge is -2.30. The zero-order chi connectivity index (χ0) is 14.9. The number of piperazine rings is 1. The summed E-state index contributed by atoms with van der Waals surface area (Å²) < 4.78 is 25.9. The van der Waals surface area contributed by atoms with Crippen LogP contribution in [0.2, 0.25) is 0 Å². The largest absolute Gasteiger partial charge is 0.323 e. The molecule has 1 aliphatic rings. The summed E-state index contributed by atoms with van der Waals surface area (Å²) in [6, 6.07) is 0.382. The second-order valence-electron chi connectivity index (χ2n) is 4.15. The first-order valence-electron chi connectivity index (χ1n) is 5.64. The highest BCUT2D eigenvalue weighted by atomic mass is 32.2. The van der Waals surface area contributed by atoms with Gasteiger partial charge in [0.15, 0.2) is 0 Å². The molecule has 1 aromatic heterocycles. The molecule has 2 rings (SSSR count). The van der Waals surface area contributed by atoms with Gasteiger partial charge in [-0.15, -0.1) is 0 Å². The molecule has 1 unspecified atom stereocenters. The molecule has 0 radical (unpaired) electrons. The standard InChI is InChI=1S/C10H13N5O4S/c1-6-10(17)13-9(16)5-15(6)20(18,19)8-4-12-3-2-7(8)14-11/h2-4,6H,5,11H2,1H3,(H,12,14)(H,13,16,17). The summed E-state index contributed by atoms with van der Waals surface area (Å²) in [6.45, 7) is 0.958. The second kappa shape index (κ2) is 5.15. The van der Waals surface area contributed by atoms with E-state index < -0.39 is 34.4 Å². The molecule has 2 amide bonds. The van der Waals surface area contributed by atoms with Crippen LogP contribution in [-0.2, 0) is 19.6 Å². The van der Waals surface area contributed by atoms with Gasteiger partial charge in [0, 0.05) is 12.4 Å². The number of hydrogen-bond donors (Lipinski definition) is 3. The summed E-state index contributed by atoms with van der Waals surface area (Å²) in [5, 5.41) is 2.07. The van der Waals surface area contributed by atoms with E-state index >= 15 is 0 Å². The van der Waals surface area contributed by atoms with Gasteiger partial charge in [0.1, 0.15) is 10.9 Å². The monoisotopic (exact) mass is 299 g/mol. The topological polar surface area (TPSA) is 134 Å². The number of imide groups is 1. The Balaban J connectivity index is 2.49. The number of carbonyl (C=O) groups is 2. The molecule has 20 heavy (non-hydrogen) atoms. The van der Waals surface area contributed by atoms with E-state index in [0.29, 0.717) is 0 Å². The highest BCUT2D eigenvalue weighted by molar-refractivity contribution is 7.89. The molecule has 1 aliphatic heterocycles. The lowest BCUT2D eigenvalue weighted by Crippen LogP contribution is -2.58. The minimum absolute atomic E-state index is 0.130. The number of nitrogens with zero attached hydrogens (tertiary/aromatic N) is 2. The smallest absolute Gasteiger partial charge is 0.247 e. The first kappa shape index (κ1) is 14.4. The Morgan fingerprint density at radius 2 is 2.20 bits per heavy atom. The van der Waals surface area contributed by atoms with Crippen LogP contribution in [0, 0.1) is 0 Å². The average molecular weight is 299 g/mol. The third kappa shape index (κ3) is 2.35. The predicted octanol–water partition coefficient (Wildman–Crippen LogP) is -1.60. The van der Waals surface area contributed by atoms with Crippen LogP contribution in [0.15, 0.2) is 23.4 Å². The maximum absolute atomic E-state index is 12.5. The Morgan fingerprint density at radius 3 is 2.85 bits per heavy atom. The van der Waals surface area contributed by atoms with Crippen molar-refractivity contribution >= 4 is 27.5 Å². The van der Waals surface area contributed by atoms with Crippen molar-refractivity contribution in [3.63, 3.8) is 0 Å². The molecule has 108 valence electrons. The van der Waals surface area contributed by atoms with E-state index in [9.17, 15) is 18.0 Å². The van der Waals surface area contributed by atoms with Crippen molar-refractivity contribution in [2.75, 3.05) is 12.0 Å². The summed E-state index contributed by atoms with van der Waals surface area (Å²) in [5.41, 5.74) is 2.38. The molecule has 1 aromatic rings. The fourth-order valence-electron chi connectivity index (χ4n) is 1.81. The van der Waals surface area contributed by atoms with Crippen LogP contribution < -0.4 is 16.6 Å². The Bertz CT molecular complexity index is 659. The van der Waals surface area contributed by atoms with E-state index in [0.717, 1.165) is 10.5 Å². The molecular weight excluding hydrogens is 286 g/mol. The van der Waals surface area contributed by atoms with E-state index in [1.54, 1.807) is 0 Å². The first-order valence-corrected chi connectivity index (χ1v) is 7.08. The molecule has 9 nitrogen and oxygen atoms in total. The third-order valence-corrected chi connectivity index (χ3v) is 4.84. The number of rotatable bonds is 3. The number of nitrogens with one attached hydrogen (secondary N) is 2. The number of nitrogens with two attached hydrogens (primary N) is 1. The predicted molar refractivity (Wildman–Crippen MR) is 68.6 cm³/mol. The van der Waals surface area contributed by atoms with E-state index in [-0.39, 0.29) is 10.6 Å². The van der Waals surface area contributed by atoms with E-state index in [4.69, 9.17) is 5.84 Å². The van der Waals surface area contributed by atoms with Crippen molar-refractivity contribution in [2.45, 2.75) is 17.9 Å². The number of pyridine rings is 1. The number of carbonyl (C=O) groups excluding carboxylic acids is 2. The van der Waals surface area contributed by atoms with Crippen molar-refractivity contribution in [1.82, 2.24) is 14.6 Å². The van der Waals surface area contributed by atoms with Gasteiger partial charge >= 0.3 is 0 Å². The number of hydrazine groups is 1. The van der Waals surface area contributed by atoms with Crippen molar-refractivity contribution in [2.24, 2.45) is 5.84 Å². The maximum Gasteiger partial charge on any atom is 0.247 e. The van der Waals surface area contributed by atoms with Gasteiger partial charge in [0.25, 0.3) is 0 Å². The fourth-order valence-corrected chi connectivity index (χ4v) is 3.47.